The van der Waals surface area contributed by atoms with Crippen molar-refractivity contribution >= 4 is 61.9 Å². The fourth-order valence-corrected chi connectivity index (χ4v) is 4.29. The van der Waals surface area contributed by atoms with E-state index < -0.39 is 15.8 Å². The summed E-state index contributed by atoms with van der Waals surface area (Å²) in [6, 6.07) is 13.0. The van der Waals surface area contributed by atoms with Gasteiger partial charge in [-0.1, -0.05) is 47.5 Å². The van der Waals surface area contributed by atoms with Crippen LogP contribution in [-0.2, 0) is 19.4 Å². The molecule has 0 saturated carbocycles. The van der Waals surface area contributed by atoms with Gasteiger partial charge >= 0.3 is 5.97 Å². The largest absolute Gasteiger partial charge is 0.461 e. The van der Waals surface area contributed by atoms with Gasteiger partial charge in [-0.2, -0.15) is 4.37 Å². The van der Waals surface area contributed by atoms with Crippen molar-refractivity contribution < 1.29 is 17.9 Å². The molecule has 3 aromatic rings. The number of para-hydroxylation sites is 1. The van der Waals surface area contributed by atoms with Crippen LogP contribution in [0.1, 0.15) is 12.7 Å². The average molecular weight is 525 g/mol. The number of carbonyl (C=O) groups excluding carboxylic acids is 1. The summed E-state index contributed by atoms with van der Waals surface area (Å²) in [5.74, 6) is -0.734. The van der Waals surface area contributed by atoms with E-state index in [1.807, 2.05) is 0 Å². The summed E-state index contributed by atoms with van der Waals surface area (Å²) in [6.07, 6.45) is 1.12. The molecule has 33 heavy (non-hydrogen) atoms. The Morgan fingerprint density at radius 2 is 1.94 bits per heavy atom. The van der Waals surface area contributed by atoms with Crippen LogP contribution < -0.4 is 5.73 Å². The quantitative estimate of drug-likeness (QED) is 0.276. The zero-order chi connectivity index (χ0) is 24.2. The van der Waals surface area contributed by atoms with Crippen LogP contribution in [0.4, 0.5) is 5.69 Å². The Hall–Kier alpha value is -2.79. The Kier molecular flexibility index (Phi) is 7.85. The maximum Gasteiger partial charge on any atom is 0.355 e. The first-order valence-electron chi connectivity index (χ1n) is 9.42. The molecule has 1 heterocycles. The van der Waals surface area contributed by atoms with Crippen LogP contribution in [0.2, 0.25) is 5.02 Å². The summed E-state index contributed by atoms with van der Waals surface area (Å²) < 4.78 is 33.0. The third kappa shape index (κ3) is 5.97. The highest BCUT2D eigenvalue weighted by Gasteiger charge is 2.22. The lowest BCUT2D eigenvalue weighted by Crippen LogP contribution is -2.19. The van der Waals surface area contributed by atoms with Crippen LogP contribution in [0.15, 0.2) is 69.1 Å². The molecule has 0 bridgehead atoms. The first kappa shape index (κ1) is 24.8. The Morgan fingerprint density at radius 3 is 2.61 bits per heavy atom. The topological polar surface area (TPSA) is 125 Å². The highest BCUT2D eigenvalue weighted by molar-refractivity contribution is 7.90. The number of hydrogen-bond acceptors (Lipinski definition) is 9. The van der Waals surface area contributed by atoms with Crippen molar-refractivity contribution in [3.63, 3.8) is 0 Å². The number of aliphatic imine (C=N–C) groups is 1. The Morgan fingerprint density at radius 1 is 1.21 bits per heavy atom. The number of carbonyl (C=O) groups is 1. The van der Waals surface area contributed by atoms with E-state index in [2.05, 4.69) is 14.3 Å². The number of nitrogens with zero attached hydrogens (tertiary/aromatic N) is 3. The Bertz CT molecular complexity index is 1370. The van der Waals surface area contributed by atoms with Gasteiger partial charge < -0.3 is 10.5 Å². The molecule has 8 nitrogen and oxygen atoms in total. The van der Waals surface area contributed by atoms with Crippen LogP contribution in [0.25, 0.3) is 10.6 Å². The molecule has 0 amide bonds. The molecule has 1 aromatic heterocycles. The fourth-order valence-electron chi connectivity index (χ4n) is 2.58. The van der Waals surface area contributed by atoms with Gasteiger partial charge in [-0.15, -0.1) is 0 Å². The molecule has 0 unspecified atom stereocenters. The van der Waals surface area contributed by atoms with Crippen molar-refractivity contribution in [3.8, 4) is 10.6 Å². The third-order valence-corrected chi connectivity index (χ3v) is 6.75. The second kappa shape index (κ2) is 10.4. The summed E-state index contributed by atoms with van der Waals surface area (Å²) >= 11 is 13.7. The van der Waals surface area contributed by atoms with Crippen LogP contribution >= 0.6 is 34.7 Å². The van der Waals surface area contributed by atoms with Gasteiger partial charge in [0.15, 0.2) is 15.7 Å². The van der Waals surface area contributed by atoms with Crippen LogP contribution in [0.3, 0.4) is 0 Å². The number of sulfone groups is 1. The molecule has 2 aromatic carbocycles. The molecule has 0 radical (unpaired) electrons. The maximum absolute atomic E-state index is 12.1. The predicted octanol–water partition coefficient (Wildman–Crippen LogP) is 4.36. The van der Waals surface area contributed by atoms with Crippen LogP contribution in [-0.4, -0.2) is 42.3 Å². The Balaban J connectivity index is 2.14. The summed E-state index contributed by atoms with van der Waals surface area (Å²) in [4.78, 5) is 21.2. The lowest BCUT2D eigenvalue weighted by Gasteiger charge is -2.07. The van der Waals surface area contributed by atoms with Gasteiger partial charge in [0.05, 0.1) is 22.2 Å². The van der Waals surface area contributed by atoms with E-state index in [0.29, 0.717) is 21.3 Å². The van der Waals surface area contributed by atoms with Crippen LogP contribution in [0, 0.1) is 0 Å². The first-order chi connectivity index (χ1) is 15.6. The van der Waals surface area contributed by atoms with Crippen molar-refractivity contribution in [2.75, 3.05) is 12.9 Å². The Labute approximate surface area is 204 Å². The van der Waals surface area contributed by atoms with Gasteiger partial charge in [0.1, 0.15) is 21.4 Å². The predicted molar refractivity (Wildman–Crippen MR) is 130 cm³/mol. The molecular formula is C21H18Cl2N4O4S2. The molecule has 0 saturated heterocycles. The van der Waals surface area contributed by atoms with E-state index in [4.69, 9.17) is 33.7 Å². The van der Waals surface area contributed by atoms with Gasteiger partial charge in [-0.3, -0.25) is 0 Å². The van der Waals surface area contributed by atoms with Crippen molar-refractivity contribution in [3.05, 3.63) is 70.1 Å². The van der Waals surface area contributed by atoms with Gasteiger partial charge in [-0.05, 0) is 42.7 Å². The molecule has 0 atom stereocenters. The van der Waals surface area contributed by atoms with E-state index in [-0.39, 0.29) is 33.8 Å². The number of rotatable bonds is 7. The van der Waals surface area contributed by atoms with E-state index in [1.54, 1.807) is 43.3 Å². The third-order valence-electron chi connectivity index (χ3n) is 4.17. The molecule has 2 N–H and O–H groups in total. The minimum Gasteiger partial charge on any atom is -0.461 e. The van der Waals surface area contributed by atoms with E-state index in [1.165, 1.54) is 12.1 Å². The number of benzene rings is 2. The SMILES string of the molecule is CCOC(=O)/C(N)=C(\Cl)C(=Nc1ccccc1Cl)c1nsc(-c2cccc(S(C)(=O)=O)c2)n1. The highest BCUT2D eigenvalue weighted by Crippen LogP contribution is 2.29. The lowest BCUT2D eigenvalue weighted by atomic mass is 10.2. The number of esters is 1. The van der Waals surface area contributed by atoms with Crippen LogP contribution in [0.5, 0.6) is 0 Å². The zero-order valence-electron chi connectivity index (χ0n) is 17.5. The smallest absolute Gasteiger partial charge is 0.355 e. The standard InChI is InChI=1S/C21H18Cl2N4O4S2/c1-3-31-21(28)17(24)16(23)18(25-15-10-5-4-9-14(15)22)19-26-20(32-27-19)12-7-6-8-13(11-12)33(2,29)30/h4-11H,3,24H2,1-2H3/b17-16+,25-18?. The molecule has 3 rings (SSSR count). The summed E-state index contributed by atoms with van der Waals surface area (Å²) in [7, 11) is -3.41. The number of halogens is 2. The number of allylic oxidation sites excluding steroid dienone is 1. The van der Waals surface area contributed by atoms with E-state index in [9.17, 15) is 13.2 Å². The van der Waals surface area contributed by atoms with E-state index >= 15 is 0 Å². The van der Waals surface area contributed by atoms with Crippen molar-refractivity contribution in [1.29, 1.82) is 0 Å². The van der Waals surface area contributed by atoms with Crippen molar-refractivity contribution in [2.24, 2.45) is 10.7 Å². The number of aromatic nitrogens is 2. The fraction of sp³-hybridized carbons (Fsp3) is 0.143. The minimum atomic E-state index is -3.41. The first-order valence-corrected chi connectivity index (χ1v) is 12.8. The zero-order valence-corrected chi connectivity index (χ0v) is 20.6. The summed E-state index contributed by atoms with van der Waals surface area (Å²) in [6.45, 7) is 1.74. The number of hydrogen-bond donors (Lipinski definition) is 1. The lowest BCUT2D eigenvalue weighted by molar-refractivity contribution is -0.138. The second-order valence-corrected chi connectivity index (χ2v) is 10.1. The summed E-state index contributed by atoms with van der Waals surface area (Å²) in [5, 5.41) is 0.551. The molecule has 12 heteroatoms. The average Bonchev–Trinajstić information content (AvgIpc) is 3.27. The van der Waals surface area contributed by atoms with Crippen molar-refractivity contribution in [2.45, 2.75) is 11.8 Å². The van der Waals surface area contributed by atoms with E-state index in [0.717, 1.165) is 17.8 Å². The molecular weight excluding hydrogens is 507 g/mol. The van der Waals surface area contributed by atoms with Gasteiger partial charge in [0.2, 0.25) is 0 Å². The molecule has 0 aliphatic carbocycles. The molecule has 0 fully saturated rings. The van der Waals surface area contributed by atoms with Crippen molar-refractivity contribution in [1.82, 2.24) is 9.36 Å². The maximum atomic E-state index is 12.1. The number of nitrogens with two attached hydrogens (primary N) is 1. The van der Waals surface area contributed by atoms with Gasteiger partial charge in [0.25, 0.3) is 0 Å². The minimum absolute atomic E-state index is 0.0112. The number of ether oxygens (including phenoxy) is 1. The molecule has 172 valence electrons. The molecule has 0 aliphatic rings. The van der Waals surface area contributed by atoms with Gasteiger partial charge in [-0.25, -0.2) is 23.2 Å². The highest BCUT2D eigenvalue weighted by atomic mass is 35.5. The normalized spacial score (nSPS) is 12.9. The second-order valence-electron chi connectivity index (χ2n) is 6.58. The van der Waals surface area contributed by atoms with Gasteiger partial charge in [0, 0.05) is 11.8 Å². The molecule has 0 spiro atoms. The summed E-state index contributed by atoms with van der Waals surface area (Å²) in [5.41, 5.74) is 6.45. The monoisotopic (exact) mass is 524 g/mol. The molecule has 0 aliphatic heterocycles.